The third kappa shape index (κ3) is 1.36. The normalized spacial score (nSPS) is 9.50. The molecule has 0 radical (unpaired) electrons. The van der Waals surface area contributed by atoms with Gasteiger partial charge in [0.1, 0.15) is 0 Å². The van der Waals surface area contributed by atoms with E-state index in [0.29, 0.717) is 16.3 Å². The molecule has 64 valence electrons. The van der Waals surface area contributed by atoms with E-state index in [1.807, 2.05) is 0 Å². The van der Waals surface area contributed by atoms with E-state index in [9.17, 15) is 0 Å². The zero-order valence-corrected chi connectivity index (χ0v) is 7.44. The summed E-state index contributed by atoms with van der Waals surface area (Å²) in [7, 11) is 1.77. The maximum atomic E-state index is 7.08. The molecule has 0 aliphatic carbocycles. The zero-order valence-electron chi connectivity index (χ0n) is 6.69. The Morgan fingerprint density at radius 3 is 2.75 bits per heavy atom. The number of nitrogen functional groups attached to an aromatic ring is 1. The summed E-state index contributed by atoms with van der Waals surface area (Å²) in [4.78, 5) is 0. The van der Waals surface area contributed by atoms with Crippen molar-refractivity contribution in [2.24, 2.45) is 0 Å². The number of rotatable bonds is 2. The fourth-order valence-electron chi connectivity index (χ4n) is 0.948. The summed E-state index contributed by atoms with van der Waals surface area (Å²) in [5.74, 6) is 0. The molecule has 0 bridgehead atoms. The van der Waals surface area contributed by atoms with Crippen LogP contribution in [0.3, 0.4) is 0 Å². The first-order valence-electron chi connectivity index (χ1n) is 3.47. The number of anilines is 2. The molecule has 0 heterocycles. The molecule has 1 rings (SSSR count). The first-order valence-corrected chi connectivity index (χ1v) is 3.84. The predicted octanol–water partition coefficient (Wildman–Crippen LogP) is 1.96. The van der Waals surface area contributed by atoms with Crippen molar-refractivity contribution >= 4 is 29.2 Å². The summed E-state index contributed by atoms with van der Waals surface area (Å²) in [6.07, 6.45) is 1.15. The molecule has 4 heteroatoms. The smallest absolute Gasteiger partial charge is 0.0745 e. The van der Waals surface area contributed by atoms with Gasteiger partial charge in [-0.25, -0.2) is 0 Å². The number of hydrogen-bond donors (Lipinski definition) is 3. The topological polar surface area (TPSA) is 61.9 Å². The molecule has 1 aromatic carbocycles. The van der Waals surface area contributed by atoms with E-state index in [1.165, 1.54) is 0 Å². The van der Waals surface area contributed by atoms with Crippen LogP contribution in [-0.4, -0.2) is 13.3 Å². The summed E-state index contributed by atoms with van der Waals surface area (Å²) in [5, 5.41) is 10.5. The Hall–Kier alpha value is -1.22. The highest BCUT2D eigenvalue weighted by atomic mass is 35.5. The number of nitrogens with two attached hydrogens (primary N) is 1. The average molecular weight is 184 g/mol. The molecule has 0 spiro atoms. The molecule has 0 saturated heterocycles. The van der Waals surface area contributed by atoms with E-state index in [-0.39, 0.29) is 0 Å². The van der Waals surface area contributed by atoms with Crippen molar-refractivity contribution in [3.8, 4) is 0 Å². The lowest BCUT2D eigenvalue weighted by Crippen LogP contribution is -1.97. The Kier molecular flexibility index (Phi) is 2.55. The predicted molar refractivity (Wildman–Crippen MR) is 53.3 cm³/mol. The van der Waals surface area contributed by atoms with Gasteiger partial charge in [0.15, 0.2) is 0 Å². The third-order valence-corrected chi connectivity index (χ3v) is 2.03. The molecule has 0 aliphatic rings. The van der Waals surface area contributed by atoms with E-state index in [0.717, 1.165) is 11.9 Å². The van der Waals surface area contributed by atoms with Gasteiger partial charge in [-0.15, -0.1) is 0 Å². The molecule has 0 aliphatic heterocycles. The molecule has 0 saturated carbocycles. The van der Waals surface area contributed by atoms with Crippen LogP contribution in [0.4, 0.5) is 11.4 Å². The monoisotopic (exact) mass is 183 g/mol. The lowest BCUT2D eigenvalue weighted by molar-refractivity contribution is 1.49. The Balaban J connectivity index is 3.33. The minimum atomic E-state index is 0.493. The molecular weight excluding hydrogens is 174 g/mol. The van der Waals surface area contributed by atoms with Crippen molar-refractivity contribution in [1.82, 2.24) is 0 Å². The Morgan fingerprint density at radius 2 is 2.25 bits per heavy atom. The molecule has 3 nitrogen and oxygen atoms in total. The van der Waals surface area contributed by atoms with Crippen LogP contribution in [0.5, 0.6) is 0 Å². The number of halogens is 1. The number of nitrogens with one attached hydrogen (secondary N) is 2. The number of hydrogen-bond acceptors (Lipinski definition) is 3. The van der Waals surface area contributed by atoms with Gasteiger partial charge in [-0.05, 0) is 12.1 Å². The minimum absolute atomic E-state index is 0.493. The summed E-state index contributed by atoms with van der Waals surface area (Å²) >= 11 is 5.92. The SMILES string of the molecule is CNc1ccc(N)c(C=N)c1Cl. The van der Waals surface area contributed by atoms with E-state index in [2.05, 4.69) is 5.32 Å². The Labute approximate surface area is 76.0 Å². The molecule has 0 fully saturated rings. The molecule has 0 amide bonds. The van der Waals surface area contributed by atoms with Crippen LogP contribution in [0.25, 0.3) is 0 Å². The summed E-state index contributed by atoms with van der Waals surface area (Å²) in [6.45, 7) is 0. The van der Waals surface area contributed by atoms with E-state index in [4.69, 9.17) is 22.7 Å². The van der Waals surface area contributed by atoms with Gasteiger partial charge in [-0.1, -0.05) is 11.6 Å². The maximum absolute atomic E-state index is 7.08. The summed E-state index contributed by atoms with van der Waals surface area (Å²) < 4.78 is 0. The van der Waals surface area contributed by atoms with Gasteiger partial charge < -0.3 is 16.5 Å². The first kappa shape index (κ1) is 8.87. The van der Waals surface area contributed by atoms with Gasteiger partial charge in [0.25, 0.3) is 0 Å². The van der Waals surface area contributed by atoms with Crippen LogP contribution < -0.4 is 11.1 Å². The second-order valence-electron chi connectivity index (χ2n) is 2.32. The molecular formula is C8H10ClN3. The summed E-state index contributed by atoms with van der Waals surface area (Å²) in [5.41, 5.74) is 7.45. The van der Waals surface area contributed by atoms with Gasteiger partial charge in [-0.3, -0.25) is 0 Å². The third-order valence-electron chi connectivity index (χ3n) is 1.63. The lowest BCUT2D eigenvalue weighted by atomic mass is 10.1. The van der Waals surface area contributed by atoms with Crippen LogP contribution in [-0.2, 0) is 0 Å². The van der Waals surface area contributed by atoms with Gasteiger partial charge in [0.05, 0.1) is 10.7 Å². The molecule has 0 aromatic heterocycles. The number of benzene rings is 1. The largest absolute Gasteiger partial charge is 0.398 e. The van der Waals surface area contributed by atoms with Gasteiger partial charge >= 0.3 is 0 Å². The van der Waals surface area contributed by atoms with E-state index < -0.39 is 0 Å². The second kappa shape index (κ2) is 3.45. The van der Waals surface area contributed by atoms with Crippen LogP contribution in [0.15, 0.2) is 12.1 Å². The Bertz CT molecular complexity index is 309. The highest BCUT2D eigenvalue weighted by Crippen LogP contribution is 2.28. The second-order valence-corrected chi connectivity index (χ2v) is 2.70. The van der Waals surface area contributed by atoms with Crippen LogP contribution in [0, 0.1) is 5.41 Å². The van der Waals surface area contributed by atoms with Crippen LogP contribution in [0.1, 0.15) is 5.56 Å². The highest BCUT2D eigenvalue weighted by Gasteiger charge is 2.05. The van der Waals surface area contributed by atoms with Crippen molar-refractivity contribution in [2.75, 3.05) is 18.1 Å². The van der Waals surface area contributed by atoms with Crippen molar-refractivity contribution < 1.29 is 0 Å². The highest BCUT2D eigenvalue weighted by molar-refractivity contribution is 6.36. The zero-order chi connectivity index (χ0) is 9.14. The fourth-order valence-corrected chi connectivity index (χ4v) is 1.27. The van der Waals surface area contributed by atoms with Crippen LogP contribution >= 0.6 is 11.6 Å². The molecule has 12 heavy (non-hydrogen) atoms. The van der Waals surface area contributed by atoms with E-state index >= 15 is 0 Å². The van der Waals surface area contributed by atoms with Crippen molar-refractivity contribution in [3.63, 3.8) is 0 Å². The average Bonchev–Trinajstić information content (AvgIpc) is 2.06. The van der Waals surface area contributed by atoms with Crippen molar-refractivity contribution in [3.05, 3.63) is 22.7 Å². The standard InChI is InChI=1S/C8H10ClN3/c1-12-7-3-2-6(11)5(4-10)8(7)9/h2-4,10,12H,11H2,1H3. The first-order chi connectivity index (χ1) is 5.70. The van der Waals surface area contributed by atoms with Crippen molar-refractivity contribution in [1.29, 1.82) is 5.41 Å². The van der Waals surface area contributed by atoms with E-state index in [1.54, 1.807) is 19.2 Å². The quantitative estimate of drug-likeness (QED) is 0.485. The fraction of sp³-hybridized carbons (Fsp3) is 0.125. The lowest BCUT2D eigenvalue weighted by Gasteiger charge is -2.07. The van der Waals surface area contributed by atoms with Crippen molar-refractivity contribution in [2.45, 2.75) is 0 Å². The molecule has 0 atom stereocenters. The van der Waals surface area contributed by atoms with Gasteiger partial charge in [0, 0.05) is 24.5 Å². The summed E-state index contributed by atoms with van der Waals surface area (Å²) in [6, 6.07) is 3.50. The molecule has 4 N–H and O–H groups in total. The minimum Gasteiger partial charge on any atom is -0.398 e. The van der Waals surface area contributed by atoms with Crippen LogP contribution in [0.2, 0.25) is 5.02 Å². The maximum Gasteiger partial charge on any atom is 0.0745 e. The van der Waals surface area contributed by atoms with Gasteiger partial charge in [0.2, 0.25) is 0 Å². The Morgan fingerprint density at radius 1 is 1.58 bits per heavy atom. The molecule has 1 aromatic rings. The van der Waals surface area contributed by atoms with Gasteiger partial charge in [-0.2, -0.15) is 0 Å². The molecule has 0 unspecified atom stereocenters.